The van der Waals surface area contributed by atoms with Crippen LogP contribution in [0.15, 0.2) is 16.7 Å². The second-order valence-corrected chi connectivity index (χ2v) is 6.17. The molecular weight excluding hydrogens is 386 g/mol. The molecule has 0 aliphatic carbocycles. The number of hydrogen-bond donors (Lipinski definition) is 1. The quantitative estimate of drug-likeness (QED) is 0.668. The van der Waals surface area contributed by atoms with Gasteiger partial charge < -0.3 is 14.8 Å². The van der Waals surface area contributed by atoms with Crippen molar-refractivity contribution in [2.24, 2.45) is 0 Å². The maximum absolute atomic E-state index is 13.9. The summed E-state index contributed by atoms with van der Waals surface area (Å²) in [6.07, 6.45) is 0. The number of aryl methyl sites for hydroxylation is 2. The Bertz CT molecular complexity index is 820. The van der Waals surface area contributed by atoms with Gasteiger partial charge >= 0.3 is 0 Å². The minimum Gasteiger partial charge on any atom is -0.369 e. The normalized spacial score (nSPS) is 13.0. The Morgan fingerprint density at radius 3 is 2.71 bits per heavy atom. The van der Waals surface area contributed by atoms with Crippen LogP contribution in [0.2, 0.25) is 0 Å². The molecule has 0 saturated carbocycles. The maximum atomic E-state index is 13.9. The number of imidazole rings is 1. The van der Waals surface area contributed by atoms with Crippen LogP contribution in [0.5, 0.6) is 0 Å². The van der Waals surface area contributed by atoms with E-state index in [9.17, 15) is 4.39 Å². The third-order valence-electron chi connectivity index (χ3n) is 3.65. The highest BCUT2D eigenvalue weighted by molar-refractivity contribution is 14.1. The zero-order chi connectivity index (χ0) is 15.3. The van der Waals surface area contributed by atoms with Gasteiger partial charge in [-0.1, -0.05) is 5.16 Å². The Morgan fingerprint density at radius 2 is 2.10 bits per heavy atom. The van der Waals surface area contributed by atoms with E-state index >= 15 is 0 Å². The van der Waals surface area contributed by atoms with Gasteiger partial charge in [0.1, 0.15) is 11.6 Å². The summed E-state index contributed by atoms with van der Waals surface area (Å²) in [7, 11) is 0. The third kappa shape index (κ3) is 2.19. The number of nitrogens with zero attached hydrogens (tertiary/aromatic N) is 3. The molecule has 1 aromatic carbocycles. The molecule has 5 nitrogen and oxygen atoms in total. The Balaban J connectivity index is 2.25. The summed E-state index contributed by atoms with van der Waals surface area (Å²) in [5.74, 6) is 0.793. The number of fused-ring (bicyclic) bond motifs is 1. The lowest BCUT2D eigenvalue weighted by Crippen LogP contribution is -2.11. The van der Waals surface area contributed by atoms with Crippen LogP contribution in [0, 0.1) is 23.2 Å². The van der Waals surface area contributed by atoms with Gasteiger partial charge in [0.2, 0.25) is 5.95 Å². The molecular formula is C14H14FIN4O. The SMILES string of the molecule is Cc1noc(C)c1C(C)n1c(N)nc2cc(I)c(F)cc21. The van der Waals surface area contributed by atoms with Crippen LogP contribution in [-0.4, -0.2) is 14.7 Å². The standard InChI is InChI=1S/C14H14FIN4O/c1-6-13(8(3)21-19-6)7(2)20-12-4-9(15)10(16)5-11(12)18-14(20)17/h4-5,7H,1-3H3,(H2,17,18). The molecule has 2 aromatic heterocycles. The lowest BCUT2D eigenvalue weighted by atomic mass is 10.1. The van der Waals surface area contributed by atoms with Gasteiger partial charge in [0.15, 0.2) is 0 Å². The van der Waals surface area contributed by atoms with Crippen molar-refractivity contribution in [2.75, 3.05) is 5.73 Å². The number of nitrogen functional groups attached to an aromatic ring is 1. The van der Waals surface area contributed by atoms with Crippen LogP contribution < -0.4 is 5.73 Å². The fraction of sp³-hybridized carbons (Fsp3) is 0.286. The molecule has 0 amide bonds. The second-order valence-electron chi connectivity index (χ2n) is 5.01. The number of benzene rings is 1. The molecule has 21 heavy (non-hydrogen) atoms. The summed E-state index contributed by atoms with van der Waals surface area (Å²) in [5, 5.41) is 3.96. The summed E-state index contributed by atoms with van der Waals surface area (Å²) < 4.78 is 21.4. The van der Waals surface area contributed by atoms with E-state index in [-0.39, 0.29) is 11.9 Å². The van der Waals surface area contributed by atoms with E-state index in [0.717, 1.165) is 17.0 Å². The zero-order valence-corrected chi connectivity index (χ0v) is 14.0. The van der Waals surface area contributed by atoms with Crippen molar-refractivity contribution >= 4 is 39.6 Å². The molecule has 0 spiro atoms. The van der Waals surface area contributed by atoms with Gasteiger partial charge in [0.25, 0.3) is 0 Å². The van der Waals surface area contributed by atoms with Crippen LogP contribution in [0.4, 0.5) is 10.3 Å². The highest BCUT2D eigenvalue weighted by Gasteiger charge is 2.22. The Morgan fingerprint density at radius 1 is 1.38 bits per heavy atom. The average Bonchev–Trinajstić information content (AvgIpc) is 2.89. The summed E-state index contributed by atoms with van der Waals surface area (Å²) in [6, 6.07) is 3.02. The number of halogens is 2. The number of anilines is 1. The Hall–Kier alpha value is -1.64. The molecule has 0 bridgehead atoms. The molecule has 2 N–H and O–H groups in total. The minimum absolute atomic E-state index is 0.138. The lowest BCUT2D eigenvalue weighted by molar-refractivity contribution is 0.391. The fourth-order valence-corrected chi connectivity index (χ4v) is 3.18. The summed E-state index contributed by atoms with van der Waals surface area (Å²) >= 11 is 1.94. The summed E-state index contributed by atoms with van der Waals surface area (Å²) in [4.78, 5) is 4.32. The molecule has 110 valence electrons. The van der Waals surface area contributed by atoms with Crippen molar-refractivity contribution in [1.82, 2.24) is 14.7 Å². The zero-order valence-electron chi connectivity index (χ0n) is 11.8. The monoisotopic (exact) mass is 400 g/mol. The lowest BCUT2D eigenvalue weighted by Gasteiger charge is -2.16. The Kier molecular flexibility index (Phi) is 3.39. The number of hydrogen-bond acceptors (Lipinski definition) is 4. The van der Waals surface area contributed by atoms with Crippen molar-refractivity contribution in [1.29, 1.82) is 0 Å². The van der Waals surface area contributed by atoms with Crippen molar-refractivity contribution < 1.29 is 8.91 Å². The number of rotatable bonds is 2. The van der Waals surface area contributed by atoms with E-state index in [2.05, 4.69) is 10.1 Å². The molecule has 3 rings (SSSR count). The average molecular weight is 400 g/mol. The predicted molar refractivity (Wildman–Crippen MR) is 86.6 cm³/mol. The van der Waals surface area contributed by atoms with Gasteiger partial charge in [-0.3, -0.25) is 0 Å². The summed E-state index contributed by atoms with van der Waals surface area (Å²) in [5.41, 5.74) is 9.12. The highest BCUT2D eigenvalue weighted by Crippen LogP contribution is 2.31. The second kappa shape index (κ2) is 4.97. The number of aromatic nitrogens is 3. The van der Waals surface area contributed by atoms with E-state index in [1.807, 2.05) is 43.4 Å². The topological polar surface area (TPSA) is 69.9 Å². The number of nitrogens with two attached hydrogens (primary N) is 1. The fourth-order valence-electron chi connectivity index (χ4n) is 2.73. The van der Waals surface area contributed by atoms with E-state index in [1.165, 1.54) is 6.07 Å². The van der Waals surface area contributed by atoms with Crippen molar-refractivity contribution in [3.05, 3.63) is 38.5 Å². The van der Waals surface area contributed by atoms with Crippen molar-refractivity contribution in [2.45, 2.75) is 26.8 Å². The molecule has 7 heteroatoms. The third-order valence-corrected chi connectivity index (χ3v) is 4.48. The van der Waals surface area contributed by atoms with Crippen LogP contribution in [0.1, 0.15) is 30.0 Å². The largest absolute Gasteiger partial charge is 0.369 e. The molecule has 1 atom stereocenters. The van der Waals surface area contributed by atoms with Crippen molar-refractivity contribution in [3.63, 3.8) is 0 Å². The first-order valence-electron chi connectivity index (χ1n) is 6.45. The maximum Gasteiger partial charge on any atom is 0.201 e. The van der Waals surface area contributed by atoms with E-state index < -0.39 is 0 Å². The smallest absolute Gasteiger partial charge is 0.201 e. The van der Waals surface area contributed by atoms with Gasteiger partial charge in [-0.25, -0.2) is 9.37 Å². The van der Waals surface area contributed by atoms with Crippen LogP contribution in [0.25, 0.3) is 11.0 Å². The predicted octanol–water partition coefficient (Wildman–Crippen LogP) is 3.58. The molecule has 0 saturated heterocycles. The van der Waals surface area contributed by atoms with Gasteiger partial charge in [0, 0.05) is 11.6 Å². The van der Waals surface area contributed by atoms with E-state index in [0.29, 0.717) is 20.6 Å². The van der Waals surface area contributed by atoms with Gasteiger partial charge in [-0.2, -0.15) is 0 Å². The molecule has 0 aliphatic heterocycles. The highest BCUT2D eigenvalue weighted by atomic mass is 127. The molecule has 0 fully saturated rings. The molecule has 1 unspecified atom stereocenters. The molecule has 3 aromatic rings. The minimum atomic E-state index is -0.282. The van der Waals surface area contributed by atoms with Crippen LogP contribution >= 0.6 is 22.6 Å². The first-order valence-corrected chi connectivity index (χ1v) is 7.53. The van der Waals surface area contributed by atoms with Gasteiger partial charge in [-0.15, -0.1) is 0 Å². The van der Waals surface area contributed by atoms with Crippen molar-refractivity contribution in [3.8, 4) is 0 Å². The van der Waals surface area contributed by atoms with E-state index in [1.54, 1.807) is 10.6 Å². The van der Waals surface area contributed by atoms with E-state index in [4.69, 9.17) is 10.3 Å². The van der Waals surface area contributed by atoms with Gasteiger partial charge in [-0.05, 0) is 49.4 Å². The first-order chi connectivity index (χ1) is 9.90. The molecule has 2 heterocycles. The first kappa shape index (κ1) is 14.3. The molecule has 0 radical (unpaired) electrons. The van der Waals surface area contributed by atoms with Crippen LogP contribution in [-0.2, 0) is 0 Å². The summed E-state index contributed by atoms with van der Waals surface area (Å²) in [6.45, 7) is 5.70. The Labute approximate surface area is 134 Å². The van der Waals surface area contributed by atoms with Crippen LogP contribution in [0.3, 0.4) is 0 Å². The molecule has 0 aliphatic rings. The van der Waals surface area contributed by atoms with Gasteiger partial charge in [0.05, 0.1) is 26.3 Å².